The Labute approximate surface area is 115 Å². The SMILES string of the molecule is CN=C(NCCOC)NCCc1ccc(Br)s1. The van der Waals surface area contributed by atoms with Gasteiger partial charge in [0.15, 0.2) is 5.96 Å². The van der Waals surface area contributed by atoms with Crippen LogP contribution in [0.5, 0.6) is 0 Å². The van der Waals surface area contributed by atoms with E-state index in [4.69, 9.17) is 4.74 Å². The molecule has 0 amide bonds. The third-order valence-electron chi connectivity index (χ3n) is 2.11. The third kappa shape index (κ3) is 6.05. The predicted octanol–water partition coefficient (Wildman–Crippen LogP) is 1.86. The molecule has 17 heavy (non-hydrogen) atoms. The molecule has 1 aromatic rings. The Hall–Kier alpha value is -0.590. The van der Waals surface area contributed by atoms with Crippen LogP contribution in [-0.4, -0.2) is 39.8 Å². The predicted molar refractivity (Wildman–Crippen MR) is 77.0 cm³/mol. The normalized spacial score (nSPS) is 11.6. The highest BCUT2D eigenvalue weighted by Crippen LogP contribution is 2.21. The molecule has 2 N–H and O–H groups in total. The minimum atomic E-state index is 0.679. The van der Waals surface area contributed by atoms with Crippen LogP contribution in [0.1, 0.15) is 4.88 Å². The van der Waals surface area contributed by atoms with Gasteiger partial charge in [0.05, 0.1) is 10.4 Å². The summed E-state index contributed by atoms with van der Waals surface area (Å²) in [7, 11) is 3.45. The number of rotatable bonds is 6. The Balaban J connectivity index is 2.19. The second-order valence-electron chi connectivity index (χ2n) is 3.37. The maximum Gasteiger partial charge on any atom is 0.191 e. The Bertz CT molecular complexity index is 354. The second-order valence-corrected chi connectivity index (χ2v) is 5.92. The van der Waals surface area contributed by atoms with Crippen molar-refractivity contribution in [3.8, 4) is 0 Å². The van der Waals surface area contributed by atoms with Crippen molar-refractivity contribution in [3.05, 3.63) is 20.8 Å². The summed E-state index contributed by atoms with van der Waals surface area (Å²) in [6.07, 6.45) is 1.00. The summed E-state index contributed by atoms with van der Waals surface area (Å²) in [5, 5.41) is 6.43. The highest BCUT2D eigenvalue weighted by atomic mass is 79.9. The summed E-state index contributed by atoms with van der Waals surface area (Å²) in [6.45, 7) is 2.32. The Morgan fingerprint density at radius 3 is 2.76 bits per heavy atom. The van der Waals surface area contributed by atoms with Gasteiger partial charge in [0.25, 0.3) is 0 Å². The Morgan fingerprint density at radius 2 is 2.18 bits per heavy atom. The van der Waals surface area contributed by atoms with E-state index in [1.807, 2.05) is 0 Å². The van der Waals surface area contributed by atoms with Crippen molar-refractivity contribution in [2.24, 2.45) is 4.99 Å². The van der Waals surface area contributed by atoms with Crippen molar-refractivity contribution in [3.63, 3.8) is 0 Å². The van der Waals surface area contributed by atoms with Gasteiger partial charge in [0.1, 0.15) is 0 Å². The molecular formula is C11H18BrN3OS. The number of guanidine groups is 1. The summed E-state index contributed by atoms with van der Waals surface area (Å²) in [4.78, 5) is 5.49. The smallest absolute Gasteiger partial charge is 0.191 e. The fraction of sp³-hybridized carbons (Fsp3) is 0.545. The van der Waals surface area contributed by atoms with E-state index in [1.54, 1.807) is 25.5 Å². The van der Waals surface area contributed by atoms with Crippen LogP contribution < -0.4 is 10.6 Å². The first kappa shape index (κ1) is 14.5. The zero-order chi connectivity index (χ0) is 12.5. The van der Waals surface area contributed by atoms with E-state index in [0.29, 0.717) is 6.61 Å². The maximum absolute atomic E-state index is 4.96. The van der Waals surface area contributed by atoms with E-state index in [9.17, 15) is 0 Å². The van der Waals surface area contributed by atoms with Crippen LogP contribution in [-0.2, 0) is 11.2 Å². The molecule has 0 aromatic carbocycles. The van der Waals surface area contributed by atoms with Gasteiger partial charge in [-0.05, 0) is 34.5 Å². The van der Waals surface area contributed by atoms with Gasteiger partial charge in [0, 0.05) is 32.1 Å². The number of hydrogen-bond donors (Lipinski definition) is 2. The Kier molecular flexibility index (Phi) is 7.23. The van der Waals surface area contributed by atoms with Crippen molar-refractivity contribution in [2.75, 3.05) is 33.9 Å². The molecule has 1 heterocycles. The average Bonchev–Trinajstić information content (AvgIpc) is 2.73. The van der Waals surface area contributed by atoms with Gasteiger partial charge in [-0.1, -0.05) is 0 Å². The van der Waals surface area contributed by atoms with E-state index < -0.39 is 0 Å². The molecule has 0 saturated carbocycles. The number of methoxy groups -OCH3 is 1. The summed E-state index contributed by atoms with van der Waals surface area (Å²) < 4.78 is 6.14. The topological polar surface area (TPSA) is 45.7 Å². The first-order valence-electron chi connectivity index (χ1n) is 5.44. The fourth-order valence-electron chi connectivity index (χ4n) is 1.28. The van der Waals surface area contributed by atoms with Gasteiger partial charge in [-0.3, -0.25) is 4.99 Å². The summed E-state index contributed by atoms with van der Waals surface area (Å²) in [5.74, 6) is 0.817. The molecule has 0 atom stereocenters. The lowest BCUT2D eigenvalue weighted by molar-refractivity contribution is 0.203. The van der Waals surface area contributed by atoms with E-state index in [0.717, 1.165) is 25.5 Å². The van der Waals surface area contributed by atoms with Crippen molar-refractivity contribution in [1.82, 2.24) is 10.6 Å². The van der Waals surface area contributed by atoms with E-state index in [2.05, 4.69) is 43.7 Å². The molecule has 0 aliphatic carbocycles. The number of nitrogens with zero attached hydrogens (tertiary/aromatic N) is 1. The lowest BCUT2D eigenvalue weighted by atomic mass is 10.3. The molecule has 6 heteroatoms. The highest BCUT2D eigenvalue weighted by Gasteiger charge is 1.99. The van der Waals surface area contributed by atoms with Gasteiger partial charge in [0.2, 0.25) is 0 Å². The van der Waals surface area contributed by atoms with Gasteiger partial charge in [-0.2, -0.15) is 0 Å². The summed E-state index contributed by atoms with van der Waals surface area (Å²) >= 11 is 5.22. The minimum Gasteiger partial charge on any atom is -0.383 e. The lowest BCUT2D eigenvalue weighted by Crippen LogP contribution is -2.39. The van der Waals surface area contributed by atoms with Gasteiger partial charge in [-0.25, -0.2) is 0 Å². The van der Waals surface area contributed by atoms with Crippen molar-refractivity contribution in [2.45, 2.75) is 6.42 Å². The van der Waals surface area contributed by atoms with Gasteiger partial charge in [-0.15, -0.1) is 11.3 Å². The van der Waals surface area contributed by atoms with E-state index in [-0.39, 0.29) is 0 Å². The maximum atomic E-state index is 4.96. The number of ether oxygens (including phenoxy) is 1. The van der Waals surface area contributed by atoms with Crippen LogP contribution in [0.3, 0.4) is 0 Å². The van der Waals surface area contributed by atoms with Crippen LogP contribution in [0.2, 0.25) is 0 Å². The molecule has 0 unspecified atom stereocenters. The Morgan fingerprint density at radius 1 is 1.41 bits per heavy atom. The van der Waals surface area contributed by atoms with Gasteiger partial charge < -0.3 is 15.4 Å². The number of aliphatic imine (C=N–C) groups is 1. The van der Waals surface area contributed by atoms with Crippen LogP contribution in [0.25, 0.3) is 0 Å². The first-order chi connectivity index (χ1) is 8.26. The van der Waals surface area contributed by atoms with Crippen LogP contribution in [0, 0.1) is 0 Å². The van der Waals surface area contributed by atoms with Crippen LogP contribution in [0.15, 0.2) is 20.9 Å². The molecule has 1 rings (SSSR count). The molecule has 0 saturated heterocycles. The number of halogens is 1. The average molecular weight is 320 g/mol. The molecule has 0 aliphatic rings. The molecule has 0 aliphatic heterocycles. The molecule has 0 spiro atoms. The number of hydrogen-bond acceptors (Lipinski definition) is 3. The largest absolute Gasteiger partial charge is 0.383 e. The quantitative estimate of drug-likeness (QED) is 0.478. The number of nitrogens with one attached hydrogen (secondary N) is 2. The summed E-state index contributed by atoms with van der Waals surface area (Å²) in [6, 6.07) is 4.21. The van der Waals surface area contributed by atoms with Crippen molar-refractivity contribution in [1.29, 1.82) is 0 Å². The van der Waals surface area contributed by atoms with Crippen molar-refractivity contribution >= 4 is 33.2 Å². The molecule has 4 nitrogen and oxygen atoms in total. The lowest BCUT2D eigenvalue weighted by Gasteiger charge is -2.10. The molecule has 96 valence electrons. The first-order valence-corrected chi connectivity index (χ1v) is 7.05. The molecule has 0 fully saturated rings. The van der Waals surface area contributed by atoms with E-state index >= 15 is 0 Å². The standard InChI is InChI=1S/C11H18BrN3OS/c1-13-11(15-7-8-16-2)14-6-5-9-3-4-10(12)17-9/h3-4H,5-8H2,1-2H3,(H2,13,14,15). The monoisotopic (exact) mass is 319 g/mol. The third-order valence-corrected chi connectivity index (χ3v) is 3.80. The highest BCUT2D eigenvalue weighted by molar-refractivity contribution is 9.11. The van der Waals surface area contributed by atoms with Crippen molar-refractivity contribution < 1.29 is 4.74 Å². The number of thiophene rings is 1. The molecule has 0 radical (unpaired) electrons. The van der Waals surface area contributed by atoms with Gasteiger partial charge >= 0.3 is 0 Å². The summed E-state index contributed by atoms with van der Waals surface area (Å²) in [5.41, 5.74) is 0. The zero-order valence-electron chi connectivity index (χ0n) is 10.1. The van der Waals surface area contributed by atoms with Crippen LogP contribution >= 0.6 is 27.3 Å². The fourth-order valence-corrected chi connectivity index (χ4v) is 2.76. The van der Waals surface area contributed by atoms with Crippen LogP contribution in [0.4, 0.5) is 0 Å². The minimum absolute atomic E-state index is 0.679. The second kappa shape index (κ2) is 8.49. The molecule has 1 aromatic heterocycles. The zero-order valence-corrected chi connectivity index (χ0v) is 12.5. The van der Waals surface area contributed by atoms with E-state index in [1.165, 1.54) is 8.66 Å². The molecule has 0 bridgehead atoms. The molecular weight excluding hydrogens is 302 g/mol.